The van der Waals surface area contributed by atoms with E-state index in [4.69, 9.17) is 9.11 Å². The summed E-state index contributed by atoms with van der Waals surface area (Å²) in [6, 6.07) is 0. The molecule has 0 aromatic carbocycles. The number of azo groups is 1. The van der Waals surface area contributed by atoms with Crippen LogP contribution in [0.3, 0.4) is 0 Å². The van der Waals surface area contributed by atoms with Crippen LogP contribution >= 0.6 is 0 Å². The predicted molar refractivity (Wildman–Crippen MR) is 65.8 cm³/mol. The molecular weight excluding hydrogens is 284 g/mol. The first-order chi connectivity index (χ1) is 7.62. The smallest absolute Gasteiger partial charge is 0.267 e. The summed E-state index contributed by atoms with van der Waals surface area (Å²) in [5.74, 6) is -1.27. The average Bonchev–Trinajstić information content (AvgIpc) is 1.91. The van der Waals surface area contributed by atoms with Crippen LogP contribution in [-0.2, 0) is 20.2 Å². The topological polar surface area (TPSA) is 133 Å². The highest BCUT2D eigenvalue weighted by atomic mass is 32.2. The molecule has 0 aliphatic carbocycles. The van der Waals surface area contributed by atoms with Gasteiger partial charge in [0.2, 0.25) is 0 Å². The molecule has 0 amide bonds. The van der Waals surface area contributed by atoms with Gasteiger partial charge in [-0.15, -0.1) is 0 Å². The Morgan fingerprint density at radius 2 is 1.00 bits per heavy atom. The molecule has 0 radical (unpaired) electrons. The molecular formula is C8H18N2O6S2. The lowest BCUT2D eigenvalue weighted by atomic mass is 10.1. The largest absolute Gasteiger partial charge is 0.285 e. The van der Waals surface area contributed by atoms with Gasteiger partial charge in [-0.25, -0.2) is 0 Å². The normalized spacial score (nSPS) is 15.2. The lowest BCUT2D eigenvalue weighted by Gasteiger charge is -2.21. The van der Waals surface area contributed by atoms with Gasteiger partial charge in [0, 0.05) is 0 Å². The van der Waals surface area contributed by atoms with Crippen LogP contribution in [-0.4, -0.2) is 48.5 Å². The van der Waals surface area contributed by atoms with E-state index in [2.05, 4.69) is 10.2 Å². The molecule has 10 heteroatoms. The first kappa shape index (κ1) is 17.4. The molecule has 18 heavy (non-hydrogen) atoms. The molecule has 0 unspecified atom stereocenters. The van der Waals surface area contributed by atoms with Gasteiger partial charge < -0.3 is 0 Å². The molecule has 0 aromatic heterocycles. The van der Waals surface area contributed by atoms with E-state index in [1.807, 2.05) is 0 Å². The minimum absolute atomic E-state index is 0.633. The molecule has 0 saturated carbocycles. The zero-order chi connectivity index (χ0) is 14.8. The second-order valence-corrected chi connectivity index (χ2v) is 8.18. The minimum atomic E-state index is -4.21. The van der Waals surface area contributed by atoms with Crippen LogP contribution in [0.15, 0.2) is 10.2 Å². The van der Waals surface area contributed by atoms with Crippen molar-refractivity contribution in [1.29, 1.82) is 0 Å². The van der Waals surface area contributed by atoms with Crippen molar-refractivity contribution in [3.05, 3.63) is 0 Å². The van der Waals surface area contributed by atoms with Gasteiger partial charge in [0.15, 0.2) is 0 Å². The minimum Gasteiger partial charge on any atom is -0.285 e. The quantitative estimate of drug-likeness (QED) is 0.550. The van der Waals surface area contributed by atoms with Crippen LogP contribution in [0, 0.1) is 0 Å². The summed E-state index contributed by atoms with van der Waals surface area (Å²) in [6.45, 7) is 5.70. The summed E-state index contributed by atoms with van der Waals surface area (Å²) in [6.07, 6.45) is 0. The maximum absolute atomic E-state index is 10.7. The van der Waals surface area contributed by atoms with E-state index in [1.54, 1.807) is 0 Å². The fraction of sp³-hybridized carbons (Fsp3) is 1.00. The van der Waals surface area contributed by atoms with Crippen molar-refractivity contribution in [2.24, 2.45) is 10.2 Å². The zero-order valence-corrected chi connectivity index (χ0v) is 12.3. The lowest BCUT2D eigenvalue weighted by Crippen LogP contribution is -2.31. The standard InChI is InChI=1S/C8H18N2O6S2/c1-7(2,5-17(11,12)13)9-10-8(3,4)6-18(14,15)16/h5-6H2,1-4H3,(H,11,12,13)(H,14,15,16)/b10-9+. The molecule has 0 bridgehead atoms. The van der Waals surface area contributed by atoms with Gasteiger partial charge in [-0.05, 0) is 27.7 Å². The van der Waals surface area contributed by atoms with Gasteiger partial charge in [0.05, 0.1) is 11.1 Å². The Kier molecular flexibility index (Phi) is 5.03. The molecule has 0 aromatic rings. The van der Waals surface area contributed by atoms with Crippen molar-refractivity contribution in [1.82, 2.24) is 0 Å². The molecule has 8 nitrogen and oxygen atoms in total. The monoisotopic (exact) mass is 302 g/mol. The number of hydrogen-bond acceptors (Lipinski definition) is 6. The van der Waals surface area contributed by atoms with E-state index in [0.717, 1.165) is 0 Å². The van der Waals surface area contributed by atoms with Crippen LogP contribution in [0.1, 0.15) is 27.7 Å². The second kappa shape index (κ2) is 5.19. The van der Waals surface area contributed by atoms with Crippen LogP contribution in [0.2, 0.25) is 0 Å². The molecule has 0 spiro atoms. The van der Waals surface area contributed by atoms with Gasteiger partial charge in [0.1, 0.15) is 11.5 Å². The van der Waals surface area contributed by atoms with Gasteiger partial charge in [0.25, 0.3) is 20.2 Å². The first-order valence-electron chi connectivity index (χ1n) is 4.96. The highest BCUT2D eigenvalue weighted by Crippen LogP contribution is 2.18. The molecule has 0 aliphatic heterocycles. The van der Waals surface area contributed by atoms with E-state index in [0.29, 0.717) is 0 Å². The molecule has 2 N–H and O–H groups in total. The summed E-state index contributed by atoms with van der Waals surface area (Å²) in [5, 5.41) is 7.42. The fourth-order valence-corrected chi connectivity index (χ4v) is 3.12. The Morgan fingerprint density at radius 3 is 1.17 bits per heavy atom. The van der Waals surface area contributed by atoms with Crippen LogP contribution < -0.4 is 0 Å². The Labute approximate surface area is 107 Å². The maximum Gasteiger partial charge on any atom is 0.267 e. The van der Waals surface area contributed by atoms with E-state index in [1.165, 1.54) is 27.7 Å². The average molecular weight is 302 g/mol. The molecule has 0 heterocycles. The van der Waals surface area contributed by atoms with Crippen LogP contribution in [0.25, 0.3) is 0 Å². The summed E-state index contributed by atoms with van der Waals surface area (Å²) in [4.78, 5) is 0. The zero-order valence-electron chi connectivity index (χ0n) is 10.7. The van der Waals surface area contributed by atoms with Crippen molar-refractivity contribution >= 4 is 20.2 Å². The third-order valence-electron chi connectivity index (χ3n) is 1.66. The maximum atomic E-state index is 10.7. The van der Waals surface area contributed by atoms with E-state index >= 15 is 0 Å². The first-order valence-corrected chi connectivity index (χ1v) is 8.18. The molecule has 0 atom stereocenters. The highest BCUT2D eigenvalue weighted by molar-refractivity contribution is 7.86. The van der Waals surface area contributed by atoms with Gasteiger partial charge in [-0.3, -0.25) is 9.11 Å². The number of nitrogens with zero attached hydrogens (tertiary/aromatic N) is 2. The summed E-state index contributed by atoms with van der Waals surface area (Å²) in [5.41, 5.74) is -2.38. The van der Waals surface area contributed by atoms with Gasteiger partial charge in [-0.1, -0.05) is 0 Å². The third-order valence-corrected chi connectivity index (χ3v) is 3.81. The van der Waals surface area contributed by atoms with E-state index in [-0.39, 0.29) is 0 Å². The molecule has 0 saturated heterocycles. The van der Waals surface area contributed by atoms with E-state index < -0.39 is 42.8 Å². The van der Waals surface area contributed by atoms with Crippen LogP contribution in [0.5, 0.6) is 0 Å². The SMILES string of the molecule is CC(C)(CS(=O)(=O)O)/N=N/C(C)(C)CS(=O)(=O)O. The van der Waals surface area contributed by atoms with Crippen molar-refractivity contribution in [2.75, 3.05) is 11.5 Å². The Hall–Kier alpha value is -0.580. The Morgan fingerprint density at radius 1 is 0.778 bits per heavy atom. The van der Waals surface area contributed by atoms with Crippen molar-refractivity contribution < 1.29 is 25.9 Å². The van der Waals surface area contributed by atoms with Crippen molar-refractivity contribution in [3.63, 3.8) is 0 Å². The second-order valence-electron chi connectivity index (χ2n) is 5.28. The van der Waals surface area contributed by atoms with E-state index in [9.17, 15) is 16.8 Å². The summed E-state index contributed by atoms with van der Waals surface area (Å²) >= 11 is 0. The highest BCUT2D eigenvalue weighted by Gasteiger charge is 2.28. The van der Waals surface area contributed by atoms with Gasteiger partial charge in [-0.2, -0.15) is 27.1 Å². The fourth-order valence-electron chi connectivity index (χ4n) is 1.22. The summed E-state index contributed by atoms with van der Waals surface area (Å²) in [7, 11) is -8.41. The third kappa shape index (κ3) is 9.45. The summed E-state index contributed by atoms with van der Waals surface area (Å²) < 4.78 is 60.3. The molecule has 108 valence electrons. The Balaban J connectivity index is 4.93. The predicted octanol–water partition coefficient (Wildman–Crippen LogP) is 0.771. The number of hydrogen-bond donors (Lipinski definition) is 2. The number of rotatable bonds is 6. The van der Waals surface area contributed by atoms with Crippen molar-refractivity contribution in [2.45, 2.75) is 38.8 Å². The van der Waals surface area contributed by atoms with Crippen molar-refractivity contribution in [3.8, 4) is 0 Å². The lowest BCUT2D eigenvalue weighted by molar-refractivity contribution is 0.422. The van der Waals surface area contributed by atoms with Crippen LogP contribution in [0.4, 0.5) is 0 Å². The Bertz CT molecular complexity index is 470. The molecule has 0 aliphatic rings. The molecule has 0 fully saturated rings. The van der Waals surface area contributed by atoms with Gasteiger partial charge >= 0.3 is 0 Å². The molecule has 0 rings (SSSR count).